The molecule has 20 heavy (non-hydrogen) atoms. The minimum absolute atomic E-state index is 0.354. The van der Waals surface area contributed by atoms with E-state index in [9.17, 15) is 13.9 Å². The van der Waals surface area contributed by atoms with E-state index in [1.807, 2.05) is 19.1 Å². The third-order valence-corrected chi connectivity index (χ3v) is 4.04. The monoisotopic (exact) mass is 284 g/mol. The van der Waals surface area contributed by atoms with Crippen LogP contribution in [-0.4, -0.2) is 11.5 Å². The van der Waals surface area contributed by atoms with Crippen molar-refractivity contribution in [1.29, 1.82) is 0 Å². The number of halogens is 2. The van der Waals surface area contributed by atoms with Gasteiger partial charge in [-0.1, -0.05) is 57.9 Å². The molecule has 0 fully saturated rings. The summed E-state index contributed by atoms with van der Waals surface area (Å²) >= 11 is 0. The second-order valence-corrected chi connectivity index (χ2v) is 5.60. The lowest BCUT2D eigenvalue weighted by atomic mass is 9.79. The fourth-order valence-electron chi connectivity index (χ4n) is 2.57. The number of aliphatic hydroxyl groups is 1. The van der Waals surface area contributed by atoms with E-state index in [4.69, 9.17) is 0 Å². The third kappa shape index (κ3) is 4.02. The molecule has 3 heteroatoms. The molecule has 2 unspecified atom stereocenters. The van der Waals surface area contributed by atoms with Crippen LogP contribution in [0.3, 0.4) is 0 Å². The van der Waals surface area contributed by atoms with Crippen LogP contribution in [0.1, 0.15) is 57.6 Å². The molecule has 0 aliphatic rings. The van der Waals surface area contributed by atoms with E-state index in [0.717, 1.165) is 19.3 Å². The van der Waals surface area contributed by atoms with Crippen LogP contribution in [0.5, 0.6) is 0 Å². The molecular formula is C17H26F2O. The molecule has 1 rings (SSSR count). The van der Waals surface area contributed by atoms with E-state index in [1.165, 1.54) is 12.5 Å². The fraction of sp³-hybridized carbons (Fsp3) is 0.647. The Hall–Kier alpha value is -0.960. The summed E-state index contributed by atoms with van der Waals surface area (Å²) in [4.78, 5) is 0. The van der Waals surface area contributed by atoms with Crippen LogP contribution in [-0.2, 0) is 12.0 Å². The van der Waals surface area contributed by atoms with Gasteiger partial charge in [0.05, 0.1) is 11.5 Å². The molecule has 2 atom stereocenters. The molecule has 0 amide bonds. The highest BCUT2D eigenvalue weighted by atomic mass is 19.3. The van der Waals surface area contributed by atoms with Crippen molar-refractivity contribution in [2.24, 2.45) is 5.92 Å². The zero-order valence-corrected chi connectivity index (χ0v) is 12.7. The molecule has 0 spiro atoms. The lowest BCUT2D eigenvalue weighted by Gasteiger charge is -2.34. The second kappa shape index (κ2) is 7.72. The molecule has 114 valence electrons. The second-order valence-electron chi connectivity index (χ2n) is 5.60. The number of alkyl halides is 2. The van der Waals surface area contributed by atoms with Gasteiger partial charge >= 0.3 is 0 Å². The van der Waals surface area contributed by atoms with Crippen molar-refractivity contribution < 1.29 is 13.9 Å². The number of rotatable bonds is 8. The van der Waals surface area contributed by atoms with Gasteiger partial charge < -0.3 is 5.11 Å². The van der Waals surface area contributed by atoms with Gasteiger partial charge in [-0.15, -0.1) is 0 Å². The van der Waals surface area contributed by atoms with Crippen LogP contribution in [0.2, 0.25) is 0 Å². The maximum Gasteiger partial charge on any atom is 0.244 e. The van der Waals surface area contributed by atoms with Crippen molar-refractivity contribution in [2.75, 3.05) is 0 Å². The maximum atomic E-state index is 13.0. The van der Waals surface area contributed by atoms with Gasteiger partial charge in [-0.3, -0.25) is 0 Å². The predicted molar refractivity (Wildman–Crippen MR) is 79.0 cm³/mol. The first-order valence-electron chi connectivity index (χ1n) is 7.55. The molecular weight excluding hydrogens is 258 g/mol. The van der Waals surface area contributed by atoms with E-state index in [2.05, 4.69) is 6.92 Å². The zero-order chi connectivity index (χ0) is 15.2. The largest absolute Gasteiger partial charge is 0.385 e. The molecule has 0 radical (unpaired) electrons. The molecule has 0 aromatic heterocycles. The van der Waals surface area contributed by atoms with Gasteiger partial charge in [0.1, 0.15) is 0 Å². The SMILES string of the molecule is CCCCc1ccc(C(O)(CCC)C(C)C(F)F)cc1. The molecule has 1 nitrogen and oxygen atoms in total. The summed E-state index contributed by atoms with van der Waals surface area (Å²) in [7, 11) is 0. The summed E-state index contributed by atoms with van der Waals surface area (Å²) in [5.41, 5.74) is 0.359. The van der Waals surface area contributed by atoms with Crippen LogP contribution in [0, 0.1) is 5.92 Å². The summed E-state index contributed by atoms with van der Waals surface area (Å²) < 4.78 is 26.0. The molecule has 1 aromatic carbocycles. The highest BCUT2D eigenvalue weighted by Gasteiger charge is 2.39. The number of benzene rings is 1. The quantitative estimate of drug-likeness (QED) is 0.718. The average molecular weight is 284 g/mol. The van der Waals surface area contributed by atoms with E-state index < -0.39 is 17.9 Å². The minimum Gasteiger partial charge on any atom is -0.385 e. The average Bonchev–Trinajstić information content (AvgIpc) is 2.44. The van der Waals surface area contributed by atoms with Gasteiger partial charge in [-0.05, 0) is 30.4 Å². The molecule has 0 heterocycles. The molecule has 1 aromatic rings. The van der Waals surface area contributed by atoms with Gasteiger partial charge in [0.25, 0.3) is 0 Å². The Morgan fingerprint density at radius 2 is 1.70 bits per heavy atom. The smallest absolute Gasteiger partial charge is 0.244 e. The Labute approximate surface area is 121 Å². The van der Waals surface area contributed by atoms with Crippen molar-refractivity contribution >= 4 is 0 Å². The van der Waals surface area contributed by atoms with E-state index in [0.29, 0.717) is 18.4 Å². The minimum atomic E-state index is -2.52. The molecule has 0 aliphatic carbocycles. The highest BCUT2D eigenvalue weighted by Crippen LogP contribution is 2.37. The lowest BCUT2D eigenvalue weighted by Crippen LogP contribution is -2.37. The summed E-state index contributed by atoms with van der Waals surface area (Å²) in [6.45, 7) is 5.46. The van der Waals surface area contributed by atoms with Gasteiger partial charge in [0.15, 0.2) is 0 Å². The molecule has 0 aliphatic heterocycles. The molecule has 0 bridgehead atoms. The first-order valence-corrected chi connectivity index (χ1v) is 7.55. The lowest BCUT2D eigenvalue weighted by molar-refractivity contribution is -0.0879. The first-order chi connectivity index (χ1) is 9.45. The Kier molecular flexibility index (Phi) is 6.60. The third-order valence-electron chi connectivity index (χ3n) is 4.04. The Balaban J connectivity index is 2.97. The summed E-state index contributed by atoms with van der Waals surface area (Å²) in [5, 5.41) is 10.7. The molecule has 1 N–H and O–H groups in total. The van der Waals surface area contributed by atoms with Crippen molar-refractivity contribution in [3.8, 4) is 0 Å². The van der Waals surface area contributed by atoms with Crippen LogP contribution in [0.15, 0.2) is 24.3 Å². The topological polar surface area (TPSA) is 20.2 Å². The standard InChI is InChI=1S/C17H26F2O/c1-4-6-7-14-8-10-15(11-9-14)17(20,12-5-2)13(3)16(18)19/h8-11,13,16,20H,4-7,12H2,1-3H3. The predicted octanol–water partition coefficient (Wildman–Crippen LogP) is 4.92. The normalized spacial score (nSPS) is 16.1. The van der Waals surface area contributed by atoms with Crippen LogP contribution in [0.25, 0.3) is 0 Å². The molecule has 0 saturated heterocycles. The van der Waals surface area contributed by atoms with E-state index in [-0.39, 0.29) is 0 Å². The van der Waals surface area contributed by atoms with Crippen LogP contribution < -0.4 is 0 Å². The summed E-state index contributed by atoms with van der Waals surface area (Å²) in [6.07, 6.45) is 1.74. The van der Waals surface area contributed by atoms with E-state index >= 15 is 0 Å². The summed E-state index contributed by atoms with van der Waals surface area (Å²) in [6, 6.07) is 7.51. The molecule has 0 saturated carbocycles. The zero-order valence-electron chi connectivity index (χ0n) is 12.7. The Morgan fingerprint density at radius 3 is 2.15 bits per heavy atom. The highest BCUT2D eigenvalue weighted by molar-refractivity contribution is 5.28. The van der Waals surface area contributed by atoms with Gasteiger partial charge in [-0.2, -0.15) is 0 Å². The van der Waals surface area contributed by atoms with Crippen LogP contribution in [0.4, 0.5) is 8.78 Å². The first kappa shape index (κ1) is 17.1. The number of hydrogen-bond acceptors (Lipinski definition) is 1. The maximum absolute atomic E-state index is 13.0. The number of hydrogen-bond donors (Lipinski definition) is 1. The van der Waals surface area contributed by atoms with Crippen molar-refractivity contribution in [2.45, 2.75) is 64.9 Å². The fourth-order valence-corrected chi connectivity index (χ4v) is 2.57. The van der Waals surface area contributed by atoms with Gasteiger partial charge in [-0.25, -0.2) is 8.78 Å². The number of aryl methyl sites for hydroxylation is 1. The van der Waals surface area contributed by atoms with Crippen molar-refractivity contribution in [3.05, 3.63) is 35.4 Å². The van der Waals surface area contributed by atoms with Gasteiger partial charge in [0.2, 0.25) is 6.43 Å². The van der Waals surface area contributed by atoms with E-state index in [1.54, 1.807) is 12.1 Å². The van der Waals surface area contributed by atoms with Crippen molar-refractivity contribution in [1.82, 2.24) is 0 Å². The van der Waals surface area contributed by atoms with Gasteiger partial charge in [0, 0.05) is 0 Å². The summed E-state index contributed by atoms with van der Waals surface area (Å²) in [5.74, 6) is -1.07. The van der Waals surface area contributed by atoms with Crippen molar-refractivity contribution in [3.63, 3.8) is 0 Å². The Bertz CT molecular complexity index is 388. The Morgan fingerprint density at radius 1 is 1.10 bits per heavy atom. The van der Waals surface area contributed by atoms with Crippen LogP contribution >= 0.6 is 0 Å². The number of unbranched alkanes of at least 4 members (excludes halogenated alkanes) is 1.